The summed E-state index contributed by atoms with van der Waals surface area (Å²) >= 11 is 0. The molecule has 76 valence electrons. The summed E-state index contributed by atoms with van der Waals surface area (Å²) in [5.74, 6) is 0.664. The van der Waals surface area contributed by atoms with Crippen molar-refractivity contribution in [1.82, 2.24) is 15.1 Å². The van der Waals surface area contributed by atoms with E-state index in [1.807, 2.05) is 19.4 Å². The average molecular weight is 201 g/mol. The molecular formula is C10H11N5. The van der Waals surface area contributed by atoms with E-state index in [2.05, 4.69) is 15.4 Å². The smallest absolute Gasteiger partial charge is 0.131 e. The van der Waals surface area contributed by atoms with Crippen molar-refractivity contribution in [3.05, 3.63) is 36.1 Å². The molecule has 0 fully saturated rings. The third kappa shape index (κ3) is 2.01. The van der Waals surface area contributed by atoms with Gasteiger partial charge in [0.1, 0.15) is 5.82 Å². The molecule has 0 unspecified atom stereocenters. The summed E-state index contributed by atoms with van der Waals surface area (Å²) in [7, 11) is 1.87. The van der Waals surface area contributed by atoms with Gasteiger partial charge in [-0.3, -0.25) is 4.68 Å². The molecule has 15 heavy (non-hydrogen) atoms. The van der Waals surface area contributed by atoms with Crippen molar-refractivity contribution in [3.63, 3.8) is 0 Å². The van der Waals surface area contributed by atoms with Crippen molar-refractivity contribution in [2.24, 2.45) is 12.0 Å². The van der Waals surface area contributed by atoms with E-state index >= 15 is 0 Å². The van der Waals surface area contributed by atoms with Crippen molar-refractivity contribution < 1.29 is 0 Å². The molecule has 1 aromatic rings. The lowest BCUT2D eigenvalue weighted by molar-refractivity contribution is 0.767. The van der Waals surface area contributed by atoms with Gasteiger partial charge in [-0.05, 0) is 6.08 Å². The molecule has 0 saturated carbocycles. The zero-order valence-corrected chi connectivity index (χ0v) is 8.31. The van der Waals surface area contributed by atoms with Crippen LogP contribution in [0.25, 0.3) is 5.57 Å². The molecule has 1 aliphatic heterocycles. The minimum Gasteiger partial charge on any atom is -0.346 e. The number of hydrogen-bond acceptors (Lipinski definition) is 4. The van der Waals surface area contributed by atoms with Gasteiger partial charge in [-0.2, -0.15) is 5.10 Å². The van der Waals surface area contributed by atoms with Gasteiger partial charge < -0.3 is 10.7 Å². The van der Waals surface area contributed by atoms with Crippen LogP contribution in [-0.4, -0.2) is 22.2 Å². The molecule has 0 amide bonds. The second kappa shape index (κ2) is 3.91. The standard InChI is InChI=1S/C10H11N5/c1-15-7-9(6-14-15)8-4-12-10(2-3-11)13-5-8/h2-7,11-12H,1H3/b10-2+,11-3?. The molecule has 1 aliphatic rings. The number of nitrogens with zero attached hydrogens (tertiary/aromatic N) is 3. The van der Waals surface area contributed by atoms with E-state index < -0.39 is 0 Å². The third-order valence-electron chi connectivity index (χ3n) is 2.00. The van der Waals surface area contributed by atoms with Gasteiger partial charge in [-0.15, -0.1) is 0 Å². The monoisotopic (exact) mass is 201 g/mol. The maximum Gasteiger partial charge on any atom is 0.131 e. The molecule has 0 saturated heterocycles. The maximum atomic E-state index is 6.91. The summed E-state index contributed by atoms with van der Waals surface area (Å²) in [6.07, 6.45) is 10.1. The molecule has 0 spiro atoms. The van der Waals surface area contributed by atoms with Gasteiger partial charge >= 0.3 is 0 Å². The van der Waals surface area contributed by atoms with Crippen LogP contribution in [0.2, 0.25) is 0 Å². The highest BCUT2D eigenvalue weighted by Crippen LogP contribution is 2.13. The zero-order valence-electron chi connectivity index (χ0n) is 8.31. The maximum absolute atomic E-state index is 6.91. The fraction of sp³-hybridized carbons (Fsp3) is 0.100. The first-order chi connectivity index (χ1) is 7.29. The van der Waals surface area contributed by atoms with Crippen LogP contribution < -0.4 is 5.32 Å². The van der Waals surface area contributed by atoms with E-state index in [1.54, 1.807) is 23.2 Å². The molecule has 2 rings (SSSR count). The number of hydrogen-bond donors (Lipinski definition) is 2. The quantitative estimate of drug-likeness (QED) is 0.699. The minimum absolute atomic E-state index is 0.664. The molecule has 2 heterocycles. The molecule has 5 nitrogen and oxygen atoms in total. The van der Waals surface area contributed by atoms with Crippen LogP contribution in [0, 0.1) is 5.41 Å². The van der Waals surface area contributed by atoms with Crippen LogP contribution in [0.15, 0.2) is 35.5 Å². The van der Waals surface area contributed by atoms with E-state index in [1.165, 1.54) is 6.21 Å². The van der Waals surface area contributed by atoms with Crippen molar-refractivity contribution in [3.8, 4) is 0 Å². The predicted molar refractivity (Wildman–Crippen MR) is 59.7 cm³/mol. The number of rotatable bonds is 2. The summed E-state index contributed by atoms with van der Waals surface area (Å²) in [5.41, 5.74) is 1.99. The highest BCUT2D eigenvalue weighted by atomic mass is 15.2. The molecule has 0 radical (unpaired) electrons. The van der Waals surface area contributed by atoms with Crippen LogP contribution >= 0.6 is 0 Å². The Bertz CT molecular complexity index is 464. The summed E-state index contributed by atoms with van der Waals surface area (Å²) in [5, 5.41) is 14.0. The highest BCUT2D eigenvalue weighted by Gasteiger charge is 2.05. The molecule has 0 bridgehead atoms. The summed E-state index contributed by atoms with van der Waals surface area (Å²) < 4.78 is 1.74. The third-order valence-corrected chi connectivity index (χ3v) is 2.00. The Balaban J connectivity index is 2.19. The summed E-state index contributed by atoms with van der Waals surface area (Å²) in [6.45, 7) is 0. The lowest BCUT2D eigenvalue weighted by Gasteiger charge is -2.08. The van der Waals surface area contributed by atoms with Gasteiger partial charge in [0.2, 0.25) is 0 Å². The Morgan fingerprint density at radius 2 is 2.40 bits per heavy atom. The van der Waals surface area contributed by atoms with Crippen molar-refractivity contribution in [2.45, 2.75) is 0 Å². The first kappa shape index (κ1) is 9.39. The number of allylic oxidation sites excluding steroid dienone is 2. The fourth-order valence-corrected chi connectivity index (χ4v) is 1.26. The molecule has 2 N–H and O–H groups in total. The Kier molecular flexibility index (Phi) is 2.45. The number of aryl methyl sites for hydroxylation is 1. The Morgan fingerprint density at radius 1 is 1.53 bits per heavy atom. The normalized spacial score (nSPS) is 17.4. The molecule has 0 aliphatic carbocycles. The van der Waals surface area contributed by atoms with Gasteiger partial charge in [0.15, 0.2) is 0 Å². The van der Waals surface area contributed by atoms with Crippen molar-refractivity contribution >= 4 is 18.0 Å². The van der Waals surface area contributed by atoms with Gasteiger partial charge in [0.05, 0.1) is 6.20 Å². The van der Waals surface area contributed by atoms with Crippen LogP contribution in [0.3, 0.4) is 0 Å². The fourth-order valence-electron chi connectivity index (χ4n) is 1.26. The molecule has 5 heteroatoms. The highest BCUT2D eigenvalue weighted by molar-refractivity contribution is 6.10. The minimum atomic E-state index is 0.664. The molecule has 1 aromatic heterocycles. The van der Waals surface area contributed by atoms with Gasteiger partial charge in [0.25, 0.3) is 0 Å². The first-order valence-electron chi connectivity index (χ1n) is 4.50. The Hall–Kier alpha value is -2.17. The number of aromatic nitrogens is 2. The second-order valence-electron chi connectivity index (χ2n) is 3.12. The average Bonchev–Trinajstić information content (AvgIpc) is 2.67. The lowest BCUT2D eigenvalue weighted by atomic mass is 10.1. The zero-order chi connectivity index (χ0) is 10.7. The molecule has 0 aromatic carbocycles. The van der Waals surface area contributed by atoms with Crippen LogP contribution in [0.5, 0.6) is 0 Å². The molecule has 0 atom stereocenters. The van der Waals surface area contributed by atoms with E-state index in [4.69, 9.17) is 5.41 Å². The summed E-state index contributed by atoms with van der Waals surface area (Å²) in [4.78, 5) is 4.15. The van der Waals surface area contributed by atoms with Crippen molar-refractivity contribution in [2.75, 3.05) is 0 Å². The topological polar surface area (TPSA) is 66.1 Å². The largest absolute Gasteiger partial charge is 0.346 e. The van der Waals surface area contributed by atoms with E-state index in [9.17, 15) is 0 Å². The predicted octanol–water partition coefficient (Wildman–Crippen LogP) is 0.926. The Labute approximate surface area is 87.3 Å². The van der Waals surface area contributed by atoms with Gasteiger partial charge in [0, 0.05) is 43.0 Å². The summed E-state index contributed by atoms with van der Waals surface area (Å²) in [6, 6.07) is 0. The van der Waals surface area contributed by atoms with Gasteiger partial charge in [-0.1, -0.05) is 0 Å². The lowest BCUT2D eigenvalue weighted by Crippen LogP contribution is -2.09. The Morgan fingerprint density at radius 3 is 2.93 bits per heavy atom. The SMILES string of the molecule is Cn1cc(C2=CN/C(=C\C=N)N=C2)cn1. The number of nitrogens with one attached hydrogen (secondary N) is 2. The first-order valence-corrected chi connectivity index (χ1v) is 4.50. The van der Waals surface area contributed by atoms with E-state index in [-0.39, 0.29) is 0 Å². The molecular weight excluding hydrogens is 190 g/mol. The van der Waals surface area contributed by atoms with E-state index in [0.29, 0.717) is 5.82 Å². The van der Waals surface area contributed by atoms with Crippen LogP contribution in [-0.2, 0) is 7.05 Å². The van der Waals surface area contributed by atoms with Gasteiger partial charge in [-0.25, -0.2) is 4.99 Å². The van der Waals surface area contributed by atoms with Crippen LogP contribution in [0.1, 0.15) is 5.56 Å². The number of aliphatic imine (C=N–C) groups is 1. The second-order valence-corrected chi connectivity index (χ2v) is 3.12. The van der Waals surface area contributed by atoms with Crippen LogP contribution in [0.4, 0.5) is 0 Å². The van der Waals surface area contributed by atoms with Crippen molar-refractivity contribution in [1.29, 1.82) is 5.41 Å². The van der Waals surface area contributed by atoms with E-state index in [0.717, 1.165) is 11.1 Å².